The van der Waals surface area contributed by atoms with Gasteiger partial charge in [-0.15, -0.1) is 6.92 Å². The van der Waals surface area contributed by atoms with Gasteiger partial charge in [-0.1, -0.05) is 93.8 Å². The van der Waals surface area contributed by atoms with E-state index in [0.717, 1.165) is 0 Å². The number of carbonyl (C=O) groups is 2. The zero-order valence-corrected chi connectivity index (χ0v) is 21.4. The summed E-state index contributed by atoms with van der Waals surface area (Å²) in [6, 6.07) is 17.1. The van der Waals surface area contributed by atoms with E-state index in [-0.39, 0.29) is 51.9 Å². The number of hydrogen-bond donors (Lipinski definition) is 0. The normalized spacial score (nSPS) is 12.7. The molecule has 0 saturated heterocycles. The fraction of sp³-hybridized carbons (Fsp3) is 0.250. The van der Waals surface area contributed by atoms with Gasteiger partial charge in [-0.25, -0.2) is 5.57 Å². The van der Waals surface area contributed by atoms with Crippen molar-refractivity contribution in [3.63, 3.8) is 0 Å². The summed E-state index contributed by atoms with van der Waals surface area (Å²) in [4.78, 5) is 20.6. The number of amides is 2. The van der Waals surface area contributed by atoms with Crippen LogP contribution < -0.4 is 24.8 Å². The average Bonchev–Trinajstić information content (AvgIpc) is 2.85. The smallest absolute Gasteiger partial charge is 1.00 e. The van der Waals surface area contributed by atoms with Crippen molar-refractivity contribution in [2.45, 2.75) is 34.6 Å². The molecule has 0 saturated carbocycles. The minimum absolute atomic E-state index is 0. The molecular formula is C24H27Cl2N2O2Ti-3. The third-order valence-corrected chi connectivity index (χ3v) is 4.63. The topological polar surface area (TPSA) is 81.7 Å². The Kier molecular flexibility index (Phi) is 17.3. The van der Waals surface area contributed by atoms with Crippen molar-refractivity contribution in [1.82, 2.24) is 0 Å². The van der Waals surface area contributed by atoms with Gasteiger partial charge in [-0.05, 0) is 11.1 Å². The van der Waals surface area contributed by atoms with Crippen LogP contribution in [-0.4, -0.2) is 11.8 Å². The molecule has 0 unspecified atom stereocenters. The molecule has 0 atom stereocenters. The summed E-state index contributed by atoms with van der Waals surface area (Å²) >= 11 is 0. The summed E-state index contributed by atoms with van der Waals surface area (Å²) in [5.41, 5.74) is 18.6. The number of benzene rings is 2. The van der Waals surface area contributed by atoms with Gasteiger partial charge in [0.2, 0.25) is 0 Å². The van der Waals surface area contributed by atoms with E-state index in [9.17, 15) is 9.59 Å². The number of hydrogen-bond acceptors (Lipinski definition) is 2. The Balaban J connectivity index is -0.000000362. The monoisotopic (exact) mass is 493 g/mol. The second kappa shape index (κ2) is 15.9. The first kappa shape index (κ1) is 33.8. The first-order chi connectivity index (χ1) is 13.1. The molecule has 1 aliphatic carbocycles. The van der Waals surface area contributed by atoms with Gasteiger partial charge in [0.15, 0.2) is 0 Å². The van der Waals surface area contributed by atoms with Crippen LogP contribution in [0.3, 0.4) is 0 Å². The zero-order valence-electron chi connectivity index (χ0n) is 18.3. The van der Waals surface area contributed by atoms with Crippen molar-refractivity contribution >= 4 is 11.8 Å². The van der Waals surface area contributed by atoms with Crippen molar-refractivity contribution in [1.29, 1.82) is 0 Å². The van der Waals surface area contributed by atoms with E-state index in [4.69, 9.17) is 11.5 Å². The number of rotatable bonds is 2. The van der Waals surface area contributed by atoms with E-state index >= 15 is 0 Å². The van der Waals surface area contributed by atoms with Crippen molar-refractivity contribution in [2.75, 3.05) is 0 Å². The van der Waals surface area contributed by atoms with E-state index in [1.807, 2.05) is 12.1 Å². The summed E-state index contributed by atoms with van der Waals surface area (Å²) in [6.45, 7) is 10.9. The maximum absolute atomic E-state index is 10.3. The molecule has 0 fully saturated rings. The fourth-order valence-corrected chi connectivity index (χ4v) is 2.59. The van der Waals surface area contributed by atoms with Gasteiger partial charge in [0, 0.05) is 0 Å². The molecule has 0 heterocycles. The number of carbonyl (C=O) groups excluding carboxylic acids is 2. The van der Waals surface area contributed by atoms with Crippen LogP contribution in [0.2, 0.25) is 0 Å². The molecule has 0 aromatic heterocycles. The Morgan fingerprint density at radius 1 is 0.742 bits per heavy atom. The molecule has 0 bridgehead atoms. The summed E-state index contributed by atoms with van der Waals surface area (Å²) in [7, 11) is 0. The van der Waals surface area contributed by atoms with Gasteiger partial charge in [0.1, 0.15) is 0 Å². The maximum atomic E-state index is 10.3. The van der Waals surface area contributed by atoms with Crippen LogP contribution in [0, 0.1) is 11.5 Å². The SMILES string of the molecule is CC1=[C-]C(C)(C)C(C)=C1C.[Cl-].[Cl-].[NH-]C(=O)c1ccccc1.[NH-]C(=O)c1ccccc1.[Ti+2]. The van der Waals surface area contributed by atoms with Crippen LogP contribution in [0.15, 0.2) is 77.4 Å². The molecule has 0 spiro atoms. The first-order valence-corrected chi connectivity index (χ1v) is 8.98. The second-order valence-corrected chi connectivity index (χ2v) is 7.02. The molecule has 2 N–H and O–H groups in total. The van der Waals surface area contributed by atoms with E-state index in [1.165, 1.54) is 16.7 Å². The van der Waals surface area contributed by atoms with E-state index < -0.39 is 11.8 Å². The first-order valence-electron chi connectivity index (χ1n) is 8.98. The average molecular weight is 494 g/mol. The third-order valence-electron chi connectivity index (χ3n) is 4.63. The number of nitrogens with one attached hydrogen (secondary N) is 2. The Labute approximate surface area is 213 Å². The predicted molar refractivity (Wildman–Crippen MR) is 115 cm³/mol. The summed E-state index contributed by atoms with van der Waals surface area (Å²) < 4.78 is 0. The molecule has 31 heavy (non-hydrogen) atoms. The van der Waals surface area contributed by atoms with Gasteiger partial charge in [-0.3, -0.25) is 6.08 Å². The summed E-state index contributed by atoms with van der Waals surface area (Å²) in [6.07, 6.45) is 3.44. The Morgan fingerprint density at radius 3 is 1.19 bits per heavy atom. The van der Waals surface area contributed by atoms with E-state index in [2.05, 4.69) is 40.7 Å². The van der Waals surface area contributed by atoms with Crippen molar-refractivity contribution < 1.29 is 56.1 Å². The number of halogens is 2. The molecule has 2 aromatic rings. The Bertz CT molecular complexity index is 831. The molecule has 4 nitrogen and oxygen atoms in total. The molecule has 3 rings (SSSR count). The van der Waals surface area contributed by atoms with Gasteiger partial charge in [0.25, 0.3) is 0 Å². The van der Waals surface area contributed by atoms with Crippen LogP contribution >= 0.6 is 0 Å². The quantitative estimate of drug-likeness (QED) is 0.459. The van der Waals surface area contributed by atoms with Crippen LogP contribution in [0.4, 0.5) is 0 Å². The van der Waals surface area contributed by atoms with Crippen molar-refractivity contribution in [3.8, 4) is 0 Å². The maximum Gasteiger partial charge on any atom is 2.00 e. The molecule has 2 aromatic carbocycles. The molecular weight excluding hydrogens is 467 g/mol. The van der Waals surface area contributed by atoms with Crippen LogP contribution in [0.1, 0.15) is 55.3 Å². The van der Waals surface area contributed by atoms with Gasteiger partial charge in [-0.2, -0.15) is 11.1 Å². The Hall–Kier alpha value is -1.85. The van der Waals surface area contributed by atoms with Crippen molar-refractivity contribution in [3.05, 3.63) is 106 Å². The molecule has 1 aliphatic rings. The van der Waals surface area contributed by atoms with E-state index in [0.29, 0.717) is 11.1 Å². The molecule has 2 amide bonds. The van der Waals surface area contributed by atoms with Gasteiger partial charge >= 0.3 is 21.7 Å². The summed E-state index contributed by atoms with van der Waals surface area (Å²) in [5.74, 6) is -1.26. The largest absolute Gasteiger partial charge is 2.00 e. The van der Waals surface area contributed by atoms with Crippen LogP contribution in [0.5, 0.6) is 0 Å². The predicted octanol–water partition coefficient (Wildman–Crippen LogP) is 0.876. The van der Waals surface area contributed by atoms with Gasteiger partial charge < -0.3 is 45.9 Å². The Morgan fingerprint density at radius 2 is 1.06 bits per heavy atom. The number of allylic oxidation sites excluding steroid dienone is 4. The standard InChI is InChI=1S/C10H15.2C7H7NO.2ClH.Ti/c1-7-6-10(4,5)9(3)8(7)2;2*8-7(9)6-4-2-1-3-5-6;;;/h1-5H3;2*1-5H,(H2,8,9);2*1H;/q-1;;;;;+2/p-4. The van der Waals surface area contributed by atoms with E-state index in [1.54, 1.807) is 48.5 Å². The fourth-order valence-electron chi connectivity index (χ4n) is 2.59. The molecule has 166 valence electrons. The minimum atomic E-state index is -0.629. The molecule has 7 heteroatoms. The zero-order chi connectivity index (χ0) is 21.3. The molecule has 0 radical (unpaired) electrons. The van der Waals surface area contributed by atoms with Crippen molar-refractivity contribution in [2.24, 2.45) is 5.41 Å². The summed E-state index contributed by atoms with van der Waals surface area (Å²) in [5, 5.41) is 0. The second-order valence-electron chi connectivity index (χ2n) is 7.02. The van der Waals surface area contributed by atoms with Crippen LogP contribution in [0.25, 0.3) is 11.5 Å². The van der Waals surface area contributed by atoms with Crippen LogP contribution in [-0.2, 0) is 21.7 Å². The third kappa shape index (κ3) is 11.4. The minimum Gasteiger partial charge on any atom is -1.00 e. The molecule has 0 aliphatic heterocycles. The van der Waals surface area contributed by atoms with Gasteiger partial charge in [0.05, 0.1) is 11.8 Å².